The molecule has 0 saturated carbocycles. The first-order valence-corrected chi connectivity index (χ1v) is 8.79. The third kappa shape index (κ3) is 4.26. The van der Waals surface area contributed by atoms with Gasteiger partial charge in [-0.3, -0.25) is 9.71 Å². The number of aromatic nitrogens is 1. The Morgan fingerprint density at radius 3 is 2.57 bits per heavy atom. The summed E-state index contributed by atoms with van der Waals surface area (Å²) in [6, 6.07) is 10.3. The zero-order valence-electron chi connectivity index (χ0n) is 14.3. The SMILES string of the molecule is CC.Cc1cccc2c1N=C(Nc1ccc(C(C)C)nc1)NS2. The summed E-state index contributed by atoms with van der Waals surface area (Å²) < 4.78 is 3.22. The first kappa shape index (κ1) is 17.3. The summed E-state index contributed by atoms with van der Waals surface area (Å²) in [7, 11) is 0. The maximum absolute atomic E-state index is 4.64. The molecule has 0 radical (unpaired) electrons. The van der Waals surface area contributed by atoms with E-state index >= 15 is 0 Å². The molecule has 2 heterocycles. The van der Waals surface area contributed by atoms with Crippen molar-refractivity contribution in [1.82, 2.24) is 9.71 Å². The van der Waals surface area contributed by atoms with Crippen LogP contribution in [0, 0.1) is 6.92 Å². The number of benzene rings is 1. The molecule has 0 saturated heterocycles. The number of pyridine rings is 1. The van der Waals surface area contributed by atoms with Gasteiger partial charge in [-0.25, -0.2) is 4.99 Å². The molecule has 2 aromatic rings. The topological polar surface area (TPSA) is 49.3 Å². The van der Waals surface area contributed by atoms with Crippen molar-refractivity contribution in [3.05, 3.63) is 47.8 Å². The molecule has 0 unspecified atom stereocenters. The van der Waals surface area contributed by atoms with Crippen LogP contribution in [0.3, 0.4) is 0 Å². The van der Waals surface area contributed by atoms with Crippen molar-refractivity contribution >= 4 is 29.3 Å². The standard InChI is InChI=1S/C16H18N4S.C2H6/c1-10(2)13-8-7-12(9-17-13)18-16-19-15-11(3)5-4-6-14(15)21-20-16;1-2/h4-10H,1-3H3,(H2,18,19,20);1-2H3. The maximum atomic E-state index is 4.64. The largest absolute Gasteiger partial charge is 0.324 e. The van der Waals surface area contributed by atoms with Crippen LogP contribution in [0.1, 0.15) is 44.9 Å². The molecule has 23 heavy (non-hydrogen) atoms. The highest BCUT2D eigenvalue weighted by Crippen LogP contribution is 2.34. The summed E-state index contributed by atoms with van der Waals surface area (Å²) in [5.41, 5.74) is 4.22. The minimum atomic E-state index is 0.439. The molecule has 4 nitrogen and oxygen atoms in total. The predicted octanol–water partition coefficient (Wildman–Crippen LogP) is 5.25. The average Bonchev–Trinajstić information content (AvgIpc) is 2.58. The summed E-state index contributed by atoms with van der Waals surface area (Å²) >= 11 is 1.57. The lowest BCUT2D eigenvalue weighted by Gasteiger charge is -2.19. The van der Waals surface area contributed by atoms with Crippen LogP contribution in [0.4, 0.5) is 11.4 Å². The van der Waals surface area contributed by atoms with Crippen molar-refractivity contribution in [1.29, 1.82) is 0 Å². The molecule has 0 bridgehead atoms. The van der Waals surface area contributed by atoms with E-state index in [1.54, 1.807) is 11.9 Å². The Kier molecular flexibility index (Phi) is 6.04. The van der Waals surface area contributed by atoms with Gasteiger partial charge in [0.15, 0.2) is 0 Å². The van der Waals surface area contributed by atoms with Crippen LogP contribution in [0.2, 0.25) is 0 Å². The second kappa shape index (κ2) is 8.02. The minimum Gasteiger partial charge on any atom is -0.324 e. The summed E-state index contributed by atoms with van der Waals surface area (Å²) in [4.78, 5) is 10.2. The van der Waals surface area contributed by atoms with Crippen LogP contribution < -0.4 is 10.0 Å². The molecular formula is C18H24N4S. The third-order valence-corrected chi connectivity index (χ3v) is 4.17. The van der Waals surface area contributed by atoms with Gasteiger partial charge in [-0.05, 0) is 48.6 Å². The number of nitrogens with zero attached hydrogens (tertiary/aromatic N) is 2. The quantitative estimate of drug-likeness (QED) is 0.739. The van der Waals surface area contributed by atoms with Gasteiger partial charge in [0.25, 0.3) is 0 Å². The molecule has 1 aliphatic rings. The molecule has 1 aliphatic heterocycles. The number of aliphatic imine (C=N–C) groups is 1. The minimum absolute atomic E-state index is 0.439. The molecule has 0 atom stereocenters. The van der Waals surface area contributed by atoms with E-state index in [0.717, 1.165) is 27.9 Å². The van der Waals surface area contributed by atoms with Gasteiger partial charge in [0.1, 0.15) is 0 Å². The van der Waals surface area contributed by atoms with Crippen LogP contribution >= 0.6 is 11.9 Å². The van der Waals surface area contributed by atoms with E-state index in [1.165, 1.54) is 5.56 Å². The number of fused-ring (bicyclic) bond motifs is 1. The highest BCUT2D eigenvalue weighted by atomic mass is 32.2. The van der Waals surface area contributed by atoms with Crippen molar-refractivity contribution in [2.24, 2.45) is 4.99 Å². The number of aryl methyl sites for hydroxylation is 1. The van der Waals surface area contributed by atoms with Gasteiger partial charge in [0, 0.05) is 5.69 Å². The fraction of sp³-hybridized carbons (Fsp3) is 0.333. The van der Waals surface area contributed by atoms with Gasteiger partial charge >= 0.3 is 0 Å². The lowest BCUT2D eigenvalue weighted by atomic mass is 10.1. The molecule has 0 spiro atoms. The van der Waals surface area contributed by atoms with E-state index in [0.29, 0.717) is 5.92 Å². The molecule has 5 heteroatoms. The van der Waals surface area contributed by atoms with Crippen LogP contribution in [0.5, 0.6) is 0 Å². The molecule has 0 amide bonds. The van der Waals surface area contributed by atoms with Crippen LogP contribution in [0.15, 0.2) is 46.4 Å². The Hall–Kier alpha value is -2.01. The van der Waals surface area contributed by atoms with Gasteiger partial charge in [0.2, 0.25) is 5.96 Å². The highest BCUT2D eigenvalue weighted by molar-refractivity contribution is 7.98. The lowest BCUT2D eigenvalue weighted by Crippen LogP contribution is -2.27. The van der Waals surface area contributed by atoms with Crippen molar-refractivity contribution in [3.8, 4) is 0 Å². The zero-order valence-corrected chi connectivity index (χ0v) is 15.2. The number of anilines is 1. The fourth-order valence-electron chi connectivity index (χ4n) is 2.11. The molecule has 1 aromatic heterocycles. The van der Waals surface area contributed by atoms with Gasteiger partial charge in [-0.1, -0.05) is 39.8 Å². The maximum Gasteiger partial charge on any atom is 0.211 e. The van der Waals surface area contributed by atoms with E-state index in [4.69, 9.17) is 0 Å². The van der Waals surface area contributed by atoms with Crippen molar-refractivity contribution < 1.29 is 0 Å². The summed E-state index contributed by atoms with van der Waals surface area (Å²) in [5, 5.41) is 3.27. The Bertz CT molecular complexity index is 678. The van der Waals surface area contributed by atoms with Crippen molar-refractivity contribution in [2.75, 3.05) is 5.32 Å². The number of rotatable bonds is 2. The molecule has 0 aliphatic carbocycles. The smallest absolute Gasteiger partial charge is 0.211 e. The number of hydrogen-bond acceptors (Lipinski definition) is 5. The average molecular weight is 328 g/mol. The fourth-order valence-corrected chi connectivity index (χ4v) is 2.86. The Labute approximate surface area is 143 Å². The Morgan fingerprint density at radius 2 is 1.91 bits per heavy atom. The monoisotopic (exact) mass is 328 g/mol. The van der Waals surface area contributed by atoms with Gasteiger partial charge in [-0.2, -0.15) is 0 Å². The molecular weight excluding hydrogens is 304 g/mol. The normalized spacial score (nSPS) is 12.5. The lowest BCUT2D eigenvalue weighted by molar-refractivity contribution is 0.823. The predicted molar refractivity (Wildman–Crippen MR) is 101 cm³/mol. The van der Waals surface area contributed by atoms with E-state index < -0.39 is 0 Å². The van der Waals surface area contributed by atoms with E-state index in [2.05, 4.69) is 52.9 Å². The summed E-state index contributed by atoms with van der Waals surface area (Å²) in [6.07, 6.45) is 1.84. The first-order valence-electron chi connectivity index (χ1n) is 7.97. The number of guanidine groups is 1. The van der Waals surface area contributed by atoms with Crippen molar-refractivity contribution in [2.45, 2.75) is 45.4 Å². The first-order chi connectivity index (χ1) is 11.1. The van der Waals surface area contributed by atoms with Gasteiger partial charge in [0.05, 0.1) is 22.5 Å². The molecule has 2 N–H and O–H groups in total. The Balaban J connectivity index is 0.000000924. The van der Waals surface area contributed by atoms with E-state index in [-0.39, 0.29) is 0 Å². The zero-order chi connectivity index (χ0) is 16.8. The highest BCUT2D eigenvalue weighted by Gasteiger charge is 2.14. The number of nitrogens with one attached hydrogen (secondary N) is 2. The second-order valence-corrected chi connectivity index (χ2v) is 6.19. The molecule has 3 rings (SSSR count). The number of para-hydroxylation sites is 1. The summed E-state index contributed by atoms with van der Waals surface area (Å²) in [6.45, 7) is 10.3. The second-order valence-electron chi connectivity index (χ2n) is 5.34. The van der Waals surface area contributed by atoms with Crippen LogP contribution in [-0.2, 0) is 0 Å². The van der Waals surface area contributed by atoms with Crippen molar-refractivity contribution in [3.63, 3.8) is 0 Å². The summed E-state index contributed by atoms with van der Waals surface area (Å²) in [5.74, 6) is 1.18. The van der Waals surface area contributed by atoms with Crippen LogP contribution in [-0.4, -0.2) is 10.9 Å². The number of hydrogen-bond donors (Lipinski definition) is 2. The third-order valence-electron chi connectivity index (χ3n) is 3.32. The molecule has 122 valence electrons. The molecule has 1 aromatic carbocycles. The van der Waals surface area contributed by atoms with Crippen LogP contribution in [0.25, 0.3) is 0 Å². The van der Waals surface area contributed by atoms with Gasteiger partial charge in [-0.15, -0.1) is 0 Å². The molecule has 0 fully saturated rings. The Morgan fingerprint density at radius 1 is 1.13 bits per heavy atom. The van der Waals surface area contributed by atoms with E-state index in [9.17, 15) is 0 Å². The van der Waals surface area contributed by atoms with E-state index in [1.807, 2.05) is 38.2 Å². The van der Waals surface area contributed by atoms with Gasteiger partial charge < -0.3 is 5.32 Å².